The van der Waals surface area contributed by atoms with Gasteiger partial charge in [-0.2, -0.15) is 0 Å². The van der Waals surface area contributed by atoms with Crippen molar-refractivity contribution in [2.24, 2.45) is 0 Å². The number of carbonyl (C=O) groups excluding carboxylic acids is 3. The molecule has 0 spiro atoms. The van der Waals surface area contributed by atoms with Crippen molar-refractivity contribution in [3.05, 3.63) is 78.5 Å². The van der Waals surface area contributed by atoms with Gasteiger partial charge in [-0.3, -0.25) is 19.5 Å². The fraction of sp³-hybridized carbons (Fsp3) is 0.207. The van der Waals surface area contributed by atoms with Gasteiger partial charge in [0.1, 0.15) is 9.71 Å². The number of nitrogens with zero attached hydrogens (tertiary/aromatic N) is 3. The summed E-state index contributed by atoms with van der Waals surface area (Å²) < 4.78 is 0. The molecule has 196 valence electrons. The smallest absolute Gasteiger partial charge is 0.331 e. The van der Waals surface area contributed by atoms with Crippen LogP contribution in [0.5, 0.6) is 0 Å². The van der Waals surface area contributed by atoms with E-state index in [1.807, 2.05) is 36.4 Å². The predicted molar refractivity (Wildman–Crippen MR) is 152 cm³/mol. The lowest BCUT2D eigenvalue weighted by molar-refractivity contribution is -0.117. The van der Waals surface area contributed by atoms with Gasteiger partial charge in [0.25, 0.3) is 5.91 Å². The molecule has 1 aliphatic carbocycles. The number of rotatable bonds is 6. The van der Waals surface area contributed by atoms with E-state index in [1.54, 1.807) is 29.4 Å². The normalized spacial score (nSPS) is 18.4. The van der Waals surface area contributed by atoms with Crippen molar-refractivity contribution < 1.29 is 14.4 Å². The molecule has 4 aromatic rings. The second-order valence-electron chi connectivity index (χ2n) is 9.53. The molecule has 3 N–H and O–H groups in total. The van der Waals surface area contributed by atoms with Crippen molar-refractivity contribution in [2.45, 2.75) is 37.8 Å². The first-order valence-corrected chi connectivity index (χ1v) is 13.6. The third kappa shape index (κ3) is 4.63. The van der Waals surface area contributed by atoms with Crippen LogP contribution in [0.25, 0.3) is 21.5 Å². The Bertz CT molecular complexity index is 1600. The standard InChI is InChI=1S/C29H26N6O3S/c1-2-23(36)32-19-10-6-7-11-20(19)33-27(37)26-25-24-22(13-15-31-28(24)39-26)35(29(38)34-25)18-12-14-30-21(16-18)17-8-4-3-5-9-17/h2-5,8-9,12-16,19-20H,1,6-7,10-11H2,(H,32,36)(H,33,37)(H,34,38)/t19-,20-/m1/s1. The molecule has 39 heavy (non-hydrogen) atoms. The summed E-state index contributed by atoms with van der Waals surface area (Å²) in [6, 6.07) is 14.4. The maximum Gasteiger partial charge on any atom is 0.331 e. The number of thiophene rings is 1. The molecule has 0 unspecified atom stereocenters. The number of pyridine rings is 2. The lowest BCUT2D eigenvalue weighted by atomic mass is 9.90. The number of amides is 4. The van der Waals surface area contributed by atoms with Crippen LogP contribution in [-0.4, -0.2) is 39.9 Å². The lowest BCUT2D eigenvalue weighted by Crippen LogP contribution is -2.52. The molecule has 2 atom stereocenters. The monoisotopic (exact) mass is 538 g/mol. The highest BCUT2D eigenvalue weighted by Gasteiger charge is 2.34. The number of aromatic nitrogens is 2. The summed E-state index contributed by atoms with van der Waals surface area (Å²) in [6.45, 7) is 3.52. The van der Waals surface area contributed by atoms with Crippen LogP contribution < -0.4 is 20.9 Å². The van der Waals surface area contributed by atoms with Crippen LogP contribution in [0.3, 0.4) is 0 Å². The minimum atomic E-state index is -0.374. The molecule has 1 fully saturated rings. The fourth-order valence-corrected chi connectivity index (χ4v) is 6.30. The van der Waals surface area contributed by atoms with Crippen LogP contribution in [0.4, 0.5) is 21.9 Å². The topological polar surface area (TPSA) is 116 Å². The van der Waals surface area contributed by atoms with E-state index in [2.05, 4.69) is 32.5 Å². The molecule has 0 radical (unpaired) electrons. The molecule has 2 aliphatic rings. The first-order chi connectivity index (χ1) is 19.0. The number of nitrogens with one attached hydrogen (secondary N) is 3. The Hall–Kier alpha value is -4.57. The van der Waals surface area contributed by atoms with E-state index in [1.165, 1.54) is 17.4 Å². The quantitative estimate of drug-likeness (QED) is 0.285. The Labute approximate surface area is 229 Å². The van der Waals surface area contributed by atoms with Crippen molar-refractivity contribution in [1.29, 1.82) is 0 Å². The molecule has 4 amide bonds. The summed E-state index contributed by atoms with van der Waals surface area (Å²) in [5.74, 6) is -0.557. The van der Waals surface area contributed by atoms with E-state index in [4.69, 9.17) is 0 Å². The maximum atomic E-state index is 13.5. The van der Waals surface area contributed by atoms with Gasteiger partial charge in [-0.15, -0.1) is 11.3 Å². The van der Waals surface area contributed by atoms with Crippen molar-refractivity contribution in [3.8, 4) is 11.3 Å². The molecule has 4 heterocycles. The highest BCUT2D eigenvalue weighted by Crippen LogP contribution is 2.46. The summed E-state index contributed by atoms with van der Waals surface area (Å²) >= 11 is 1.24. The Kier molecular flexibility index (Phi) is 6.54. The summed E-state index contributed by atoms with van der Waals surface area (Å²) in [5.41, 5.74) is 3.44. The van der Waals surface area contributed by atoms with Gasteiger partial charge < -0.3 is 16.0 Å². The van der Waals surface area contributed by atoms with Gasteiger partial charge in [0.15, 0.2) is 0 Å². The molecule has 1 aliphatic heterocycles. The van der Waals surface area contributed by atoms with Crippen molar-refractivity contribution in [1.82, 2.24) is 20.6 Å². The molecule has 0 saturated heterocycles. The summed E-state index contributed by atoms with van der Waals surface area (Å²) in [7, 11) is 0. The minimum Gasteiger partial charge on any atom is -0.348 e. The summed E-state index contributed by atoms with van der Waals surface area (Å²) in [5, 5.41) is 9.69. The van der Waals surface area contributed by atoms with Gasteiger partial charge in [-0.05, 0) is 37.1 Å². The second kappa shape index (κ2) is 10.3. The number of benzene rings is 1. The van der Waals surface area contributed by atoms with E-state index in [9.17, 15) is 14.4 Å². The predicted octanol–water partition coefficient (Wildman–Crippen LogP) is 5.39. The third-order valence-electron chi connectivity index (χ3n) is 7.12. The highest BCUT2D eigenvalue weighted by molar-refractivity contribution is 7.21. The third-order valence-corrected chi connectivity index (χ3v) is 8.22. The van der Waals surface area contributed by atoms with Crippen LogP contribution in [0, 0.1) is 0 Å². The zero-order valence-electron chi connectivity index (χ0n) is 21.0. The van der Waals surface area contributed by atoms with Gasteiger partial charge in [0.05, 0.1) is 28.1 Å². The van der Waals surface area contributed by atoms with Crippen LogP contribution in [-0.2, 0) is 4.79 Å². The Balaban J connectivity index is 1.34. The van der Waals surface area contributed by atoms with Crippen LogP contribution >= 0.6 is 11.3 Å². The fourth-order valence-electron chi connectivity index (χ4n) is 5.28. The molecular weight excluding hydrogens is 512 g/mol. The molecule has 1 saturated carbocycles. The first kappa shape index (κ1) is 24.7. The first-order valence-electron chi connectivity index (χ1n) is 12.8. The molecule has 1 aromatic carbocycles. The number of hydrogen-bond acceptors (Lipinski definition) is 6. The SMILES string of the molecule is C=CC(=O)N[C@@H]1CCCC[C@H]1NC(=O)c1sc2nccc3c2c1NC(=O)N3c1ccnc(-c2ccccc2)c1. The number of hydrogen-bond donors (Lipinski definition) is 3. The second-order valence-corrected chi connectivity index (χ2v) is 10.5. The van der Waals surface area contributed by atoms with Crippen LogP contribution in [0.2, 0.25) is 0 Å². The number of carbonyl (C=O) groups is 3. The highest BCUT2D eigenvalue weighted by atomic mass is 32.1. The Morgan fingerprint density at radius 2 is 1.77 bits per heavy atom. The summed E-state index contributed by atoms with van der Waals surface area (Å²) in [4.78, 5) is 50.6. The Morgan fingerprint density at radius 1 is 1.03 bits per heavy atom. The van der Waals surface area contributed by atoms with Gasteiger partial charge in [0, 0.05) is 30.0 Å². The molecule has 6 rings (SSSR count). The van der Waals surface area contributed by atoms with Crippen LogP contribution in [0.15, 0.2) is 73.6 Å². The largest absolute Gasteiger partial charge is 0.348 e. The van der Waals surface area contributed by atoms with Crippen LogP contribution in [0.1, 0.15) is 35.4 Å². The molecule has 0 bridgehead atoms. The lowest BCUT2D eigenvalue weighted by Gasteiger charge is -2.32. The molecule has 10 heteroatoms. The van der Waals surface area contributed by atoms with Crippen molar-refractivity contribution in [3.63, 3.8) is 0 Å². The number of urea groups is 1. The molecule has 3 aromatic heterocycles. The average Bonchev–Trinajstić information content (AvgIpc) is 3.34. The van der Waals surface area contributed by atoms with E-state index in [0.29, 0.717) is 32.2 Å². The zero-order valence-corrected chi connectivity index (χ0v) is 21.8. The van der Waals surface area contributed by atoms with Crippen molar-refractivity contribution >= 4 is 56.5 Å². The van der Waals surface area contributed by atoms with Crippen molar-refractivity contribution in [2.75, 3.05) is 10.2 Å². The van der Waals surface area contributed by atoms with E-state index < -0.39 is 0 Å². The van der Waals surface area contributed by atoms with E-state index in [-0.39, 0.29) is 29.9 Å². The summed E-state index contributed by atoms with van der Waals surface area (Å²) in [6.07, 6.45) is 8.02. The maximum absolute atomic E-state index is 13.5. The van der Waals surface area contributed by atoms with E-state index in [0.717, 1.165) is 36.9 Å². The minimum absolute atomic E-state index is 0.178. The zero-order chi connectivity index (χ0) is 26.9. The average molecular weight is 539 g/mol. The molecule has 9 nitrogen and oxygen atoms in total. The Morgan fingerprint density at radius 3 is 2.54 bits per heavy atom. The van der Waals surface area contributed by atoms with Gasteiger partial charge in [0.2, 0.25) is 5.91 Å². The van der Waals surface area contributed by atoms with Gasteiger partial charge in [-0.25, -0.2) is 9.78 Å². The molecular formula is C29H26N6O3S. The van der Waals surface area contributed by atoms with Gasteiger partial charge in [-0.1, -0.05) is 49.8 Å². The van der Waals surface area contributed by atoms with E-state index >= 15 is 0 Å². The number of anilines is 3. The van der Waals surface area contributed by atoms with Gasteiger partial charge >= 0.3 is 6.03 Å².